The molecule has 0 aliphatic heterocycles. The summed E-state index contributed by atoms with van der Waals surface area (Å²) in [5.41, 5.74) is 2.49. The van der Waals surface area contributed by atoms with Crippen LogP contribution in [0.2, 0.25) is 5.02 Å². The maximum atomic E-state index is 6.32. The van der Waals surface area contributed by atoms with Crippen molar-refractivity contribution in [3.8, 4) is 0 Å². The van der Waals surface area contributed by atoms with Gasteiger partial charge in [-0.3, -0.25) is 0 Å². The highest BCUT2D eigenvalue weighted by Gasteiger charge is 2.12. The van der Waals surface area contributed by atoms with Crippen LogP contribution in [0.25, 0.3) is 0 Å². The van der Waals surface area contributed by atoms with Gasteiger partial charge in [0.1, 0.15) is 0 Å². The van der Waals surface area contributed by atoms with Crippen LogP contribution in [0.1, 0.15) is 44.7 Å². The molecule has 0 heterocycles. The first-order valence-corrected chi connectivity index (χ1v) is 7.39. The van der Waals surface area contributed by atoms with Crippen molar-refractivity contribution in [3.05, 3.63) is 34.3 Å². The monoisotopic (exact) mass is 267 g/mol. The summed E-state index contributed by atoms with van der Waals surface area (Å²) in [6.07, 6.45) is 3.40. The van der Waals surface area contributed by atoms with Gasteiger partial charge in [0.25, 0.3) is 0 Å². The van der Waals surface area contributed by atoms with E-state index in [0.29, 0.717) is 12.0 Å². The molecule has 18 heavy (non-hydrogen) atoms. The molecule has 1 atom stereocenters. The second kappa shape index (κ2) is 7.81. The van der Waals surface area contributed by atoms with Gasteiger partial charge in [0.15, 0.2) is 0 Å². The number of hydrogen-bond donors (Lipinski definition) is 1. The predicted octanol–water partition coefficient (Wildman–Crippen LogP) is 4.61. The third-order valence-corrected chi connectivity index (χ3v) is 3.47. The molecule has 0 saturated carbocycles. The van der Waals surface area contributed by atoms with E-state index in [1.165, 1.54) is 24.0 Å². The molecule has 0 amide bonds. The zero-order valence-electron chi connectivity index (χ0n) is 12.1. The summed E-state index contributed by atoms with van der Waals surface area (Å²) in [4.78, 5) is 0. The molecule has 1 nitrogen and oxygen atoms in total. The van der Waals surface area contributed by atoms with E-state index in [1.54, 1.807) is 0 Å². The summed E-state index contributed by atoms with van der Waals surface area (Å²) in [6, 6.07) is 6.90. The Balaban J connectivity index is 2.68. The van der Waals surface area contributed by atoms with Crippen molar-refractivity contribution < 1.29 is 0 Å². The third-order valence-electron chi connectivity index (χ3n) is 3.11. The van der Waals surface area contributed by atoms with E-state index in [4.69, 9.17) is 11.6 Å². The molecule has 102 valence electrons. The lowest BCUT2D eigenvalue weighted by atomic mass is 9.96. The van der Waals surface area contributed by atoms with Crippen molar-refractivity contribution in [2.75, 3.05) is 6.54 Å². The third kappa shape index (κ3) is 5.41. The van der Waals surface area contributed by atoms with E-state index in [1.807, 2.05) is 0 Å². The van der Waals surface area contributed by atoms with Gasteiger partial charge in [0.05, 0.1) is 0 Å². The quantitative estimate of drug-likeness (QED) is 0.761. The van der Waals surface area contributed by atoms with E-state index in [0.717, 1.165) is 18.0 Å². The summed E-state index contributed by atoms with van der Waals surface area (Å²) in [5.74, 6) is 0.712. The number of hydrogen-bond acceptors (Lipinski definition) is 1. The van der Waals surface area contributed by atoms with Crippen LogP contribution in [0.3, 0.4) is 0 Å². The summed E-state index contributed by atoms with van der Waals surface area (Å²) >= 11 is 6.32. The van der Waals surface area contributed by atoms with Crippen molar-refractivity contribution in [1.82, 2.24) is 5.32 Å². The highest BCUT2D eigenvalue weighted by molar-refractivity contribution is 6.31. The Labute approximate surface area is 117 Å². The largest absolute Gasteiger partial charge is 0.314 e. The van der Waals surface area contributed by atoms with Crippen molar-refractivity contribution in [1.29, 1.82) is 0 Å². The smallest absolute Gasteiger partial charge is 0.0441 e. The molecule has 0 spiro atoms. The van der Waals surface area contributed by atoms with Gasteiger partial charge in [0, 0.05) is 11.1 Å². The van der Waals surface area contributed by atoms with Crippen LogP contribution in [0.5, 0.6) is 0 Å². The van der Waals surface area contributed by atoms with Crippen molar-refractivity contribution in [2.45, 2.75) is 53.0 Å². The van der Waals surface area contributed by atoms with Gasteiger partial charge in [0.2, 0.25) is 0 Å². The minimum atomic E-state index is 0.533. The Kier molecular flexibility index (Phi) is 6.73. The molecule has 1 unspecified atom stereocenters. The average molecular weight is 268 g/mol. The predicted molar refractivity (Wildman–Crippen MR) is 81.4 cm³/mol. The number of benzene rings is 1. The Hall–Kier alpha value is -0.530. The minimum absolute atomic E-state index is 0.533. The fraction of sp³-hybridized carbons (Fsp3) is 0.625. The first-order valence-electron chi connectivity index (χ1n) is 7.01. The average Bonchev–Trinajstić information content (AvgIpc) is 2.29. The first-order chi connectivity index (χ1) is 8.52. The molecule has 0 bridgehead atoms. The van der Waals surface area contributed by atoms with Gasteiger partial charge < -0.3 is 5.32 Å². The van der Waals surface area contributed by atoms with Gasteiger partial charge >= 0.3 is 0 Å². The lowest BCUT2D eigenvalue weighted by Gasteiger charge is -2.21. The molecular weight excluding hydrogens is 242 g/mol. The molecule has 2 heteroatoms. The van der Waals surface area contributed by atoms with Crippen LogP contribution in [-0.4, -0.2) is 12.6 Å². The van der Waals surface area contributed by atoms with E-state index in [2.05, 4.69) is 51.2 Å². The van der Waals surface area contributed by atoms with Crippen molar-refractivity contribution in [2.24, 2.45) is 5.92 Å². The fourth-order valence-electron chi connectivity index (χ4n) is 2.24. The zero-order chi connectivity index (χ0) is 13.5. The van der Waals surface area contributed by atoms with Gasteiger partial charge in [-0.05, 0) is 55.8 Å². The highest BCUT2D eigenvalue weighted by atomic mass is 35.5. The fourth-order valence-corrected chi connectivity index (χ4v) is 2.55. The molecule has 1 aromatic carbocycles. The van der Waals surface area contributed by atoms with Crippen LogP contribution in [0, 0.1) is 12.8 Å². The summed E-state index contributed by atoms with van der Waals surface area (Å²) in [7, 11) is 0. The number of halogens is 1. The number of nitrogens with one attached hydrogen (secondary N) is 1. The lowest BCUT2D eigenvalue weighted by Crippen LogP contribution is -2.33. The minimum Gasteiger partial charge on any atom is -0.314 e. The van der Waals surface area contributed by atoms with Gasteiger partial charge in [-0.2, -0.15) is 0 Å². The molecule has 0 fully saturated rings. The Bertz CT molecular complexity index is 360. The molecule has 0 aliphatic rings. The summed E-state index contributed by atoms with van der Waals surface area (Å²) < 4.78 is 0. The zero-order valence-corrected chi connectivity index (χ0v) is 12.8. The summed E-state index contributed by atoms with van der Waals surface area (Å²) in [6.45, 7) is 9.92. The van der Waals surface area contributed by atoms with E-state index >= 15 is 0 Å². The van der Waals surface area contributed by atoms with Gasteiger partial charge in [-0.1, -0.05) is 44.5 Å². The molecule has 1 N–H and O–H groups in total. The molecule has 1 aromatic rings. The van der Waals surface area contributed by atoms with Crippen LogP contribution < -0.4 is 5.32 Å². The molecule has 1 rings (SSSR count). The van der Waals surface area contributed by atoms with Gasteiger partial charge in [-0.25, -0.2) is 0 Å². The Morgan fingerprint density at radius 1 is 1.28 bits per heavy atom. The van der Waals surface area contributed by atoms with Crippen molar-refractivity contribution >= 4 is 11.6 Å². The topological polar surface area (TPSA) is 12.0 Å². The molecule has 0 radical (unpaired) electrons. The Morgan fingerprint density at radius 3 is 2.56 bits per heavy atom. The maximum Gasteiger partial charge on any atom is 0.0441 e. The molecule has 0 aromatic heterocycles. The SMILES string of the molecule is CCCNC(Cc1ccc(C)cc1Cl)CC(C)C. The Morgan fingerprint density at radius 2 is 2.00 bits per heavy atom. The van der Waals surface area contributed by atoms with Crippen LogP contribution >= 0.6 is 11.6 Å². The maximum absolute atomic E-state index is 6.32. The second-order valence-corrected chi connectivity index (χ2v) is 5.99. The van der Waals surface area contributed by atoms with E-state index in [-0.39, 0.29) is 0 Å². The summed E-state index contributed by atoms with van der Waals surface area (Å²) in [5, 5.41) is 4.54. The first kappa shape index (κ1) is 15.5. The standard InChI is InChI=1S/C16H26ClN/c1-5-8-18-15(9-12(2)3)11-14-7-6-13(4)10-16(14)17/h6-7,10,12,15,18H,5,8-9,11H2,1-4H3. The van der Waals surface area contributed by atoms with Crippen LogP contribution in [0.15, 0.2) is 18.2 Å². The second-order valence-electron chi connectivity index (χ2n) is 5.58. The highest BCUT2D eigenvalue weighted by Crippen LogP contribution is 2.20. The van der Waals surface area contributed by atoms with E-state index in [9.17, 15) is 0 Å². The molecule has 0 saturated heterocycles. The number of aryl methyl sites for hydroxylation is 1. The van der Waals surface area contributed by atoms with Crippen LogP contribution in [0.4, 0.5) is 0 Å². The number of rotatable bonds is 7. The van der Waals surface area contributed by atoms with E-state index < -0.39 is 0 Å². The molecular formula is C16H26ClN. The normalized spacial score (nSPS) is 13.0. The molecule has 0 aliphatic carbocycles. The van der Waals surface area contributed by atoms with Gasteiger partial charge in [-0.15, -0.1) is 0 Å². The lowest BCUT2D eigenvalue weighted by molar-refractivity contribution is 0.416. The van der Waals surface area contributed by atoms with Crippen LogP contribution in [-0.2, 0) is 6.42 Å². The van der Waals surface area contributed by atoms with Crippen molar-refractivity contribution in [3.63, 3.8) is 0 Å².